The molecule has 0 radical (unpaired) electrons. The summed E-state index contributed by atoms with van der Waals surface area (Å²) in [4.78, 5) is 12.8. The molecule has 1 saturated heterocycles. The lowest BCUT2D eigenvalue weighted by atomic mass is 10.2. The number of carbonyl (C=O) groups is 1. The lowest BCUT2D eigenvalue weighted by Gasteiger charge is -2.10. The van der Waals surface area contributed by atoms with Crippen molar-refractivity contribution < 1.29 is 15.0 Å². The molecule has 0 amide bonds. The first-order valence-corrected chi connectivity index (χ1v) is 8.14. The number of Topliss-reactive ketones (excluding diaryl/α,β-unsaturated/α-hetero) is 1. The van der Waals surface area contributed by atoms with Crippen LogP contribution in [0.3, 0.4) is 0 Å². The molecule has 0 unspecified atom stereocenters. The minimum absolute atomic E-state index is 0.125. The Hall–Kier alpha value is -2.34. The average molecular weight is 331 g/mol. The largest absolute Gasteiger partial charge is 0.504 e. The Labute approximate surface area is 142 Å². The number of nitrogens with zero attached hydrogens (tertiary/aromatic N) is 3. The van der Waals surface area contributed by atoms with Gasteiger partial charge >= 0.3 is 0 Å². The number of carbonyl (C=O) groups excluding carboxylic acids is 1. The Bertz CT molecular complexity index is 704. The van der Waals surface area contributed by atoms with Gasteiger partial charge in [0.2, 0.25) is 0 Å². The average Bonchev–Trinajstić information content (AvgIpc) is 3.11. The zero-order chi connectivity index (χ0) is 17.7. The van der Waals surface area contributed by atoms with Gasteiger partial charge in [0.05, 0.1) is 17.9 Å². The van der Waals surface area contributed by atoms with Crippen LogP contribution in [0.1, 0.15) is 31.2 Å². The van der Waals surface area contributed by atoms with Crippen LogP contribution < -0.4 is 0 Å². The summed E-state index contributed by atoms with van der Waals surface area (Å²) in [7, 11) is 0. The zero-order valence-corrected chi connectivity index (χ0v) is 14.5. The summed E-state index contributed by atoms with van der Waals surface area (Å²) in [6, 6.07) is 6.58. The fourth-order valence-corrected chi connectivity index (χ4v) is 2.79. The third-order valence-corrected chi connectivity index (χ3v) is 3.86. The van der Waals surface area contributed by atoms with Crippen molar-refractivity contribution in [1.82, 2.24) is 14.7 Å². The maximum absolute atomic E-state index is 10.6. The van der Waals surface area contributed by atoms with Crippen molar-refractivity contribution in [2.45, 2.75) is 33.6 Å². The van der Waals surface area contributed by atoms with E-state index in [4.69, 9.17) is 0 Å². The first-order valence-electron chi connectivity index (χ1n) is 8.14. The Morgan fingerprint density at radius 2 is 1.79 bits per heavy atom. The lowest BCUT2D eigenvalue weighted by Crippen LogP contribution is -2.24. The molecule has 2 N–H and O–H groups in total. The molecule has 0 aliphatic carbocycles. The standard InChI is InChI=1S/C11H12N2O2.C7H13NO/c1-7-5-8(2)13(12-7)9-3-4-10(14)11(15)6-9;1-7(9)6-8-4-2-3-5-8/h3-6,14-15H,1-2H3;2-6H2,1H3. The smallest absolute Gasteiger partial charge is 0.159 e. The molecule has 2 heterocycles. The van der Waals surface area contributed by atoms with Gasteiger partial charge in [0.25, 0.3) is 0 Å². The predicted octanol–water partition coefficient (Wildman–Crippen LogP) is 2.57. The van der Waals surface area contributed by atoms with Crippen molar-refractivity contribution in [3.63, 3.8) is 0 Å². The zero-order valence-electron chi connectivity index (χ0n) is 14.5. The SMILES string of the molecule is CC(=O)CN1CCCC1.Cc1cc(C)n(-c2ccc(O)c(O)c2)n1. The number of phenolic OH excluding ortho intramolecular Hbond substituents is 2. The molecular weight excluding hydrogens is 306 g/mol. The Balaban J connectivity index is 0.000000198. The maximum Gasteiger partial charge on any atom is 0.159 e. The Morgan fingerprint density at radius 3 is 2.29 bits per heavy atom. The molecule has 24 heavy (non-hydrogen) atoms. The Morgan fingerprint density at radius 1 is 1.12 bits per heavy atom. The van der Waals surface area contributed by atoms with E-state index in [9.17, 15) is 15.0 Å². The molecule has 0 spiro atoms. The number of hydrogen-bond donors (Lipinski definition) is 2. The van der Waals surface area contributed by atoms with Crippen molar-refractivity contribution >= 4 is 5.78 Å². The molecule has 130 valence electrons. The molecular formula is C18H25N3O3. The van der Waals surface area contributed by atoms with E-state index in [-0.39, 0.29) is 17.3 Å². The van der Waals surface area contributed by atoms with Crippen LogP contribution in [0.2, 0.25) is 0 Å². The van der Waals surface area contributed by atoms with Gasteiger partial charge in [-0.2, -0.15) is 5.10 Å². The van der Waals surface area contributed by atoms with E-state index in [1.54, 1.807) is 17.7 Å². The summed E-state index contributed by atoms with van der Waals surface area (Å²) in [5.74, 6) is 0.0252. The molecule has 0 atom stereocenters. The summed E-state index contributed by atoms with van der Waals surface area (Å²) < 4.78 is 1.72. The van der Waals surface area contributed by atoms with Crippen LogP contribution in [0, 0.1) is 13.8 Å². The highest BCUT2D eigenvalue weighted by Crippen LogP contribution is 2.27. The van der Waals surface area contributed by atoms with Crippen LogP contribution in [0.15, 0.2) is 24.3 Å². The fraction of sp³-hybridized carbons (Fsp3) is 0.444. The number of likely N-dealkylation sites (tertiary alicyclic amines) is 1. The minimum Gasteiger partial charge on any atom is -0.504 e. The summed E-state index contributed by atoms with van der Waals surface area (Å²) in [6.45, 7) is 8.41. The van der Waals surface area contributed by atoms with Crippen molar-refractivity contribution in [1.29, 1.82) is 0 Å². The highest BCUT2D eigenvalue weighted by Gasteiger charge is 2.11. The molecule has 1 aromatic carbocycles. The van der Waals surface area contributed by atoms with Gasteiger partial charge < -0.3 is 10.2 Å². The van der Waals surface area contributed by atoms with Crippen LogP contribution in [0.25, 0.3) is 5.69 Å². The van der Waals surface area contributed by atoms with E-state index in [0.717, 1.165) is 30.2 Å². The summed E-state index contributed by atoms with van der Waals surface area (Å²) >= 11 is 0. The predicted molar refractivity (Wildman–Crippen MR) is 92.7 cm³/mol. The third-order valence-electron chi connectivity index (χ3n) is 3.86. The van der Waals surface area contributed by atoms with Gasteiger partial charge in [-0.15, -0.1) is 0 Å². The summed E-state index contributed by atoms with van der Waals surface area (Å²) in [6.07, 6.45) is 2.54. The van der Waals surface area contributed by atoms with E-state index in [2.05, 4.69) is 10.00 Å². The number of ketones is 1. The monoisotopic (exact) mass is 331 g/mol. The second kappa shape index (κ2) is 7.97. The van der Waals surface area contributed by atoms with Crippen molar-refractivity contribution in [2.24, 2.45) is 0 Å². The van der Waals surface area contributed by atoms with Gasteiger partial charge in [0.15, 0.2) is 11.5 Å². The number of phenols is 2. The molecule has 1 fully saturated rings. The topological polar surface area (TPSA) is 78.6 Å². The van der Waals surface area contributed by atoms with Crippen molar-refractivity contribution in [3.05, 3.63) is 35.7 Å². The highest BCUT2D eigenvalue weighted by molar-refractivity contribution is 5.77. The molecule has 0 saturated carbocycles. The van der Waals surface area contributed by atoms with E-state index >= 15 is 0 Å². The van der Waals surface area contributed by atoms with Crippen LogP contribution in [-0.4, -0.2) is 50.3 Å². The molecule has 1 aliphatic heterocycles. The fourth-order valence-electron chi connectivity index (χ4n) is 2.79. The molecule has 3 rings (SSSR count). The number of hydrogen-bond acceptors (Lipinski definition) is 5. The van der Waals surface area contributed by atoms with Gasteiger partial charge in [-0.1, -0.05) is 0 Å². The number of rotatable bonds is 3. The third kappa shape index (κ3) is 4.83. The normalized spacial score (nSPS) is 14.3. The molecule has 6 heteroatoms. The number of aromatic hydroxyl groups is 2. The van der Waals surface area contributed by atoms with Crippen molar-refractivity contribution in [3.8, 4) is 17.2 Å². The number of benzene rings is 1. The van der Waals surface area contributed by atoms with Gasteiger partial charge in [-0.25, -0.2) is 4.68 Å². The quantitative estimate of drug-likeness (QED) is 0.845. The van der Waals surface area contributed by atoms with E-state index in [1.807, 2.05) is 19.9 Å². The van der Waals surface area contributed by atoms with Gasteiger partial charge in [-0.3, -0.25) is 9.69 Å². The molecule has 1 aliphatic rings. The van der Waals surface area contributed by atoms with E-state index in [1.165, 1.54) is 25.0 Å². The molecule has 6 nitrogen and oxygen atoms in total. The Kier molecular flexibility index (Phi) is 5.98. The number of aromatic nitrogens is 2. The summed E-state index contributed by atoms with van der Waals surface area (Å²) in [5, 5.41) is 22.8. The second-order valence-electron chi connectivity index (χ2n) is 6.20. The second-order valence-corrected chi connectivity index (χ2v) is 6.20. The lowest BCUT2D eigenvalue weighted by molar-refractivity contribution is -0.117. The highest BCUT2D eigenvalue weighted by atomic mass is 16.3. The van der Waals surface area contributed by atoms with Crippen LogP contribution >= 0.6 is 0 Å². The minimum atomic E-state index is -0.139. The molecule has 1 aromatic heterocycles. The van der Waals surface area contributed by atoms with Crippen molar-refractivity contribution in [2.75, 3.05) is 19.6 Å². The first kappa shape index (κ1) is 18.0. The number of aryl methyl sites for hydroxylation is 2. The van der Waals surface area contributed by atoms with Gasteiger partial charge in [-0.05, 0) is 64.9 Å². The van der Waals surface area contributed by atoms with Gasteiger partial charge in [0, 0.05) is 11.8 Å². The maximum atomic E-state index is 10.6. The van der Waals surface area contributed by atoms with Crippen LogP contribution in [0.5, 0.6) is 11.5 Å². The summed E-state index contributed by atoms with van der Waals surface area (Å²) in [5.41, 5.74) is 2.63. The van der Waals surface area contributed by atoms with E-state index in [0.29, 0.717) is 6.54 Å². The van der Waals surface area contributed by atoms with E-state index < -0.39 is 0 Å². The van der Waals surface area contributed by atoms with Gasteiger partial charge in [0.1, 0.15) is 5.78 Å². The van der Waals surface area contributed by atoms with Crippen LogP contribution in [-0.2, 0) is 4.79 Å². The first-order chi connectivity index (χ1) is 11.4. The molecule has 2 aromatic rings. The molecule has 0 bridgehead atoms. The van der Waals surface area contributed by atoms with Crippen LogP contribution in [0.4, 0.5) is 0 Å².